The van der Waals surface area contributed by atoms with Gasteiger partial charge in [-0.15, -0.1) is 0 Å². The van der Waals surface area contributed by atoms with E-state index in [1.54, 1.807) is 24.3 Å². The molecule has 0 radical (unpaired) electrons. The van der Waals surface area contributed by atoms with E-state index in [4.69, 9.17) is 22.1 Å². The van der Waals surface area contributed by atoms with Crippen molar-refractivity contribution in [2.45, 2.75) is 13.8 Å². The Morgan fingerprint density at radius 2 is 1.93 bits per heavy atom. The number of rotatable bonds is 6. The number of carboxylic acids is 1. The lowest BCUT2D eigenvalue weighted by atomic mass is 10.1. The number of amides is 1. The van der Waals surface area contributed by atoms with Gasteiger partial charge in [-0.1, -0.05) is 24.3 Å². The number of carboxylic acid groups (broad SMARTS) is 1. The first kappa shape index (κ1) is 20.1. The highest BCUT2D eigenvalue weighted by Gasteiger charge is 2.08. The third-order valence-corrected chi connectivity index (χ3v) is 3.93. The standard InChI is InChI=1S/C20H20N2O4S/c1-13-5-3-8-17(14(13)2)26-12-18(23)22-20(27)21-16-7-4-6-15(11-16)9-10-19(24)25/h3-11H,12H2,1-2H3,(H,24,25)(H2,21,22,23,27)/b10-9+. The van der Waals surface area contributed by atoms with Gasteiger partial charge in [-0.2, -0.15) is 0 Å². The van der Waals surface area contributed by atoms with E-state index in [9.17, 15) is 9.59 Å². The summed E-state index contributed by atoms with van der Waals surface area (Å²) in [5.74, 6) is -0.753. The molecule has 0 atom stereocenters. The number of aryl methyl sites for hydroxylation is 1. The second kappa shape index (κ2) is 9.49. The van der Waals surface area contributed by atoms with Gasteiger partial charge in [0.15, 0.2) is 11.7 Å². The summed E-state index contributed by atoms with van der Waals surface area (Å²) in [6.07, 6.45) is 2.51. The summed E-state index contributed by atoms with van der Waals surface area (Å²) in [5.41, 5.74) is 3.39. The topological polar surface area (TPSA) is 87.7 Å². The number of hydrogen-bond acceptors (Lipinski definition) is 4. The number of thiocarbonyl (C=S) groups is 1. The lowest BCUT2D eigenvalue weighted by molar-refractivity contribution is -0.131. The van der Waals surface area contributed by atoms with Crippen molar-refractivity contribution >= 4 is 41.0 Å². The average molecular weight is 384 g/mol. The first-order chi connectivity index (χ1) is 12.8. The molecule has 0 aliphatic carbocycles. The van der Waals surface area contributed by atoms with E-state index in [-0.39, 0.29) is 17.6 Å². The minimum absolute atomic E-state index is 0.129. The largest absolute Gasteiger partial charge is 0.483 e. The number of aliphatic carboxylic acids is 1. The minimum atomic E-state index is -1.03. The number of carbonyl (C=O) groups is 2. The van der Waals surface area contributed by atoms with Crippen LogP contribution in [0.25, 0.3) is 6.08 Å². The number of nitrogens with one attached hydrogen (secondary N) is 2. The second-order valence-electron chi connectivity index (χ2n) is 5.79. The maximum Gasteiger partial charge on any atom is 0.328 e. The van der Waals surface area contributed by atoms with Gasteiger partial charge in [0.25, 0.3) is 5.91 Å². The van der Waals surface area contributed by atoms with Crippen molar-refractivity contribution in [3.05, 3.63) is 65.2 Å². The van der Waals surface area contributed by atoms with E-state index in [1.165, 1.54) is 6.08 Å². The normalized spacial score (nSPS) is 10.4. The molecule has 27 heavy (non-hydrogen) atoms. The Kier molecular flexibility index (Phi) is 7.08. The Morgan fingerprint density at radius 1 is 1.19 bits per heavy atom. The van der Waals surface area contributed by atoms with Crippen LogP contribution in [0.3, 0.4) is 0 Å². The van der Waals surface area contributed by atoms with Gasteiger partial charge in [-0.05, 0) is 67.0 Å². The van der Waals surface area contributed by atoms with Crippen molar-refractivity contribution in [1.82, 2.24) is 5.32 Å². The molecule has 0 aliphatic rings. The van der Waals surface area contributed by atoms with Crippen molar-refractivity contribution in [1.29, 1.82) is 0 Å². The summed E-state index contributed by atoms with van der Waals surface area (Å²) in [6, 6.07) is 12.6. The zero-order valence-electron chi connectivity index (χ0n) is 15.0. The summed E-state index contributed by atoms with van der Waals surface area (Å²) >= 11 is 5.13. The fourth-order valence-electron chi connectivity index (χ4n) is 2.24. The van der Waals surface area contributed by atoms with Gasteiger partial charge in [0.2, 0.25) is 0 Å². The summed E-state index contributed by atoms with van der Waals surface area (Å²) in [7, 11) is 0. The Hall–Kier alpha value is -3.19. The van der Waals surface area contributed by atoms with Gasteiger partial charge in [-0.25, -0.2) is 4.79 Å². The molecule has 1 amide bonds. The molecule has 0 heterocycles. The fourth-order valence-corrected chi connectivity index (χ4v) is 2.47. The van der Waals surface area contributed by atoms with Crippen molar-refractivity contribution in [2.75, 3.05) is 11.9 Å². The number of hydrogen-bond donors (Lipinski definition) is 3. The van der Waals surface area contributed by atoms with Crippen molar-refractivity contribution < 1.29 is 19.4 Å². The Morgan fingerprint density at radius 3 is 2.67 bits per heavy atom. The molecule has 0 fully saturated rings. The highest BCUT2D eigenvalue weighted by atomic mass is 32.1. The van der Waals surface area contributed by atoms with Gasteiger partial charge in [0.1, 0.15) is 5.75 Å². The molecule has 2 rings (SSSR count). The van der Waals surface area contributed by atoms with Crippen molar-refractivity contribution in [2.24, 2.45) is 0 Å². The third-order valence-electron chi connectivity index (χ3n) is 3.73. The molecule has 7 heteroatoms. The molecule has 0 aliphatic heterocycles. The number of carbonyl (C=O) groups excluding carboxylic acids is 1. The van der Waals surface area contributed by atoms with Gasteiger partial charge in [0.05, 0.1) is 0 Å². The second-order valence-corrected chi connectivity index (χ2v) is 6.19. The molecule has 0 saturated heterocycles. The van der Waals surface area contributed by atoms with Crippen LogP contribution in [0.2, 0.25) is 0 Å². The first-order valence-corrected chi connectivity index (χ1v) is 8.57. The molecule has 140 valence electrons. The molecule has 0 spiro atoms. The van der Waals surface area contributed by atoms with Crippen LogP contribution in [-0.4, -0.2) is 28.7 Å². The summed E-state index contributed by atoms with van der Waals surface area (Å²) in [4.78, 5) is 22.6. The predicted molar refractivity (Wildman–Crippen MR) is 109 cm³/mol. The minimum Gasteiger partial charge on any atom is -0.483 e. The van der Waals surface area contributed by atoms with E-state index in [0.29, 0.717) is 17.0 Å². The molecular formula is C20H20N2O4S. The predicted octanol–water partition coefficient (Wildman–Crippen LogP) is 3.29. The van der Waals surface area contributed by atoms with E-state index >= 15 is 0 Å². The number of ether oxygens (including phenoxy) is 1. The van der Waals surface area contributed by atoms with Crippen LogP contribution < -0.4 is 15.4 Å². The lowest BCUT2D eigenvalue weighted by Gasteiger charge is -2.12. The molecular weight excluding hydrogens is 364 g/mol. The molecule has 0 saturated carbocycles. The Bertz CT molecular complexity index is 893. The van der Waals surface area contributed by atoms with Crippen LogP contribution in [0.15, 0.2) is 48.5 Å². The van der Waals surface area contributed by atoms with Gasteiger partial charge < -0.3 is 15.2 Å². The van der Waals surface area contributed by atoms with Gasteiger partial charge >= 0.3 is 5.97 Å². The highest BCUT2D eigenvalue weighted by Crippen LogP contribution is 2.20. The van der Waals surface area contributed by atoms with Crippen LogP contribution >= 0.6 is 12.2 Å². The van der Waals surface area contributed by atoms with E-state index in [0.717, 1.165) is 17.2 Å². The summed E-state index contributed by atoms with van der Waals surface area (Å²) < 4.78 is 5.54. The quantitative estimate of drug-likeness (QED) is 0.523. The van der Waals surface area contributed by atoms with Crippen LogP contribution in [0.4, 0.5) is 5.69 Å². The molecule has 2 aromatic carbocycles. The SMILES string of the molecule is Cc1cccc(OCC(=O)NC(=S)Nc2cccc(/C=C/C(=O)O)c2)c1C. The molecule has 0 bridgehead atoms. The maximum atomic E-state index is 12.0. The van der Waals surface area contributed by atoms with Gasteiger partial charge in [0, 0.05) is 11.8 Å². The van der Waals surface area contributed by atoms with Crippen LogP contribution in [0, 0.1) is 13.8 Å². The zero-order chi connectivity index (χ0) is 19.8. The third kappa shape index (κ3) is 6.56. The molecule has 0 unspecified atom stereocenters. The van der Waals surface area contributed by atoms with E-state index in [2.05, 4.69) is 10.6 Å². The molecule has 2 aromatic rings. The number of benzene rings is 2. The molecule has 3 N–H and O–H groups in total. The van der Waals surface area contributed by atoms with Crippen LogP contribution in [0.5, 0.6) is 5.75 Å². The first-order valence-electron chi connectivity index (χ1n) is 8.16. The summed E-state index contributed by atoms with van der Waals surface area (Å²) in [6.45, 7) is 3.75. The zero-order valence-corrected chi connectivity index (χ0v) is 15.8. The highest BCUT2D eigenvalue weighted by molar-refractivity contribution is 7.80. The maximum absolute atomic E-state index is 12.0. The van der Waals surface area contributed by atoms with Crippen LogP contribution in [-0.2, 0) is 9.59 Å². The smallest absolute Gasteiger partial charge is 0.328 e. The molecule has 6 nitrogen and oxygen atoms in total. The van der Waals surface area contributed by atoms with Crippen molar-refractivity contribution in [3.8, 4) is 5.75 Å². The summed E-state index contributed by atoms with van der Waals surface area (Å²) in [5, 5.41) is 14.2. The monoisotopic (exact) mass is 384 g/mol. The van der Waals surface area contributed by atoms with E-state index in [1.807, 2.05) is 32.0 Å². The van der Waals surface area contributed by atoms with E-state index < -0.39 is 5.97 Å². The Balaban J connectivity index is 1.88. The lowest BCUT2D eigenvalue weighted by Crippen LogP contribution is -2.37. The van der Waals surface area contributed by atoms with Crippen LogP contribution in [0.1, 0.15) is 16.7 Å². The fraction of sp³-hybridized carbons (Fsp3) is 0.150. The van der Waals surface area contributed by atoms with Gasteiger partial charge in [-0.3, -0.25) is 10.1 Å². The molecule has 0 aromatic heterocycles. The van der Waals surface area contributed by atoms with Crippen molar-refractivity contribution in [3.63, 3.8) is 0 Å². The number of anilines is 1. The average Bonchev–Trinajstić information content (AvgIpc) is 2.61. The Labute approximate surface area is 162 Å².